The van der Waals surface area contributed by atoms with Gasteiger partial charge in [-0.3, -0.25) is 0 Å². The average Bonchev–Trinajstić information content (AvgIpc) is 3.00. The molecule has 1 spiro atoms. The van der Waals surface area contributed by atoms with Gasteiger partial charge < -0.3 is 10.1 Å². The van der Waals surface area contributed by atoms with Gasteiger partial charge in [0.1, 0.15) is 0 Å². The third kappa shape index (κ3) is 2.81. The van der Waals surface area contributed by atoms with Gasteiger partial charge in [0, 0.05) is 16.3 Å². The lowest BCUT2D eigenvalue weighted by atomic mass is 9.55. The van der Waals surface area contributed by atoms with Crippen LogP contribution >= 0.6 is 11.3 Å². The number of hydrogen-bond donors (Lipinski definition) is 1. The van der Waals surface area contributed by atoms with Crippen LogP contribution < -0.4 is 5.32 Å². The fourth-order valence-corrected chi connectivity index (χ4v) is 4.67. The van der Waals surface area contributed by atoms with Crippen molar-refractivity contribution in [2.75, 3.05) is 6.54 Å². The van der Waals surface area contributed by atoms with Gasteiger partial charge >= 0.3 is 0 Å². The van der Waals surface area contributed by atoms with Gasteiger partial charge in [0.2, 0.25) is 0 Å². The van der Waals surface area contributed by atoms with Crippen molar-refractivity contribution in [3.05, 3.63) is 22.4 Å². The van der Waals surface area contributed by atoms with Crippen LogP contribution in [0.25, 0.3) is 0 Å². The lowest BCUT2D eigenvalue weighted by Crippen LogP contribution is -2.64. The Morgan fingerprint density at radius 3 is 2.90 bits per heavy atom. The molecular formula is C17H27NOS. The summed E-state index contributed by atoms with van der Waals surface area (Å²) in [6.07, 6.45) is 9.86. The van der Waals surface area contributed by atoms with E-state index in [2.05, 4.69) is 29.8 Å². The lowest BCUT2D eigenvalue weighted by molar-refractivity contribution is -0.158. The number of rotatable bonds is 6. The number of thiophene rings is 1. The third-order valence-electron chi connectivity index (χ3n) is 5.22. The molecule has 1 heterocycles. The van der Waals surface area contributed by atoms with Crippen LogP contribution in [0, 0.1) is 5.41 Å². The summed E-state index contributed by atoms with van der Waals surface area (Å²) >= 11 is 1.81. The van der Waals surface area contributed by atoms with Gasteiger partial charge in [-0.25, -0.2) is 0 Å². The molecule has 3 rings (SSSR count). The second-order valence-electron chi connectivity index (χ2n) is 6.42. The minimum Gasteiger partial charge on any atom is -0.372 e. The molecule has 20 heavy (non-hydrogen) atoms. The summed E-state index contributed by atoms with van der Waals surface area (Å²) in [5.41, 5.74) is 0.449. The van der Waals surface area contributed by atoms with Crippen LogP contribution in [0.15, 0.2) is 17.5 Å². The highest BCUT2D eigenvalue weighted by molar-refractivity contribution is 7.09. The smallest absolute Gasteiger partial charge is 0.0813 e. The highest BCUT2D eigenvalue weighted by atomic mass is 32.1. The average molecular weight is 293 g/mol. The van der Waals surface area contributed by atoms with Crippen molar-refractivity contribution in [1.29, 1.82) is 0 Å². The van der Waals surface area contributed by atoms with Crippen molar-refractivity contribution >= 4 is 11.3 Å². The molecule has 2 aliphatic carbocycles. The fourth-order valence-electron chi connectivity index (χ4n) is 4.04. The zero-order valence-corrected chi connectivity index (χ0v) is 13.4. The van der Waals surface area contributed by atoms with E-state index in [1.54, 1.807) is 0 Å². The summed E-state index contributed by atoms with van der Waals surface area (Å²) in [6.45, 7) is 4.22. The number of hydrogen-bond acceptors (Lipinski definition) is 3. The summed E-state index contributed by atoms with van der Waals surface area (Å²) in [5.74, 6) is 0. The molecule has 1 aromatic rings. The number of nitrogens with one attached hydrogen (secondary N) is 1. The van der Waals surface area contributed by atoms with Gasteiger partial charge in [0.05, 0.1) is 12.7 Å². The maximum atomic E-state index is 6.30. The Morgan fingerprint density at radius 2 is 2.20 bits per heavy atom. The van der Waals surface area contributed by atoms with Gasteiger partial charge in [0.15, 0.2) is 0 Å². The van der Waals surface area contributed by atoms with E-state index < -0.39 is 0 Å². The molecule has 2 saturated carbocycles. The molecule has 0 saturated heterocycles. The molecule has 0 radical (unpaired) electrons. The highest BCUT2D eigenvalue weighted by Crippen LogP contribution is 2.53. The number of ether oxygens (including phenoxy) is 1. The second kappa shape index (κ2) is 6.59. The quantitative estimate of drug-likeness (QED) is 0.841. The van der Waals surface area contributed by atoms with E-state index in [1.807, 2.05) is 11.3 Å². The van der Waals surface area contributed by atoms with Crippen molar-refractivity contribution < 1.29 is 4.74 Å². The monoisotopic (exact) mass is 293 g/mol. The Bertz CT molecular complexity index is 397. The minimum atomic E-state index is 0.449. The molecule has 2 nitrogen and oxygen atoms in total. The Hall–Kier alpha value is -0.380. The predicted molar refractivity (Wildman–Crippen MR) is 85.1 cm³/mol. The molecular weight excluding hydrogens is 266 g/mol. The van der Waals surface area contributed by atoms with E-state index in [-0.39, 0.29) is 0 Å². The highest BCUT2D eigenvalue weighted by Gasteiger charge is 2.55. The van der Waals surface area contributed by atoms with Crippen LogP contribution in [0.4, 0.5) is 0 Å². The predicted octanol–water partition coefficient (Wildman–Crippen LogP) is 4.36. The summed E-state index contributed by atoms with van der Waals surface area (Å²) in [5, 5.41) is 5.92. The second-order valence-corrected chi connectivity index (χ2v) is 7.45. The van der Waals surface area contributed by atoms with E-state index >= 15 is 0 Å². The summed E-state index contributed by atoms with van der Waals surface area (Å²) in [4.78, 5) is 1.36. The van der Waals surface area contributed by atoms with Gasteiger partial charge in [0.25, 0.3) is 0 Å². The topological polar surface area (TPSA) is 21.3 Å². The van der Waals surface area contributed by atoms with Crippen LogP contribution in [-0.2, 0) is 11.3 Å². The van der Waals surface area contributed by atoms with Gasteiger partial charge in [-0.05, 0) is 43.7 Å². The first kappa shape index (κ1) is 14.6. The Labute approximate surface area is 126 Å². The summed E-state index contributed by atoms with van der Waals surface area (Å²) in [6, 6.07) is 5.01. The van der Waals surface area contributed by atoms with Crippen molar-refractivity contribution in [2.24, 2.45) is 5.41 Å². The third-order valence-corrected chi connectivity index (χ3v) is 6.07. The van der Waals surface area contributed by atoms with E-state index in [0.29, 0.717) is 17.6 Å². The summed E-state index contributed by atoms with van der Waals surface area (Å²) < 4.78 is 6.30. The zero-order chi connectivity index (χ0) is 13.8. The molecule has 0 aliphatic heterocycles. The van der Waals surface area contributed by atoms with Crippen LogP contribution in [0.1, 0.15) is 56.7 Å². The normalized spacial score (nSPS) is 28.4. The lowest BCUT2D eigenvalue weighted by Gasteiger charge is -2.58. The molecule has 1 aromatic heterocycles. The summed E-state index contributed by atoms with van der Waals surface area (Å²) in [7, 11) is 0. The molecule has 0 amide bonds. The van der Waals surface area contributed by atoms with Crippen LogP contribution in [0.3, 0.4) is 0 Å². The van der Waals surface area contributed by atoms with E-state index in [0.717, 1.165) is 13.2 Å². The standard InChI is InChI=1S/C17H27NOS/c1-2-10-18-15-12-16(17(15)8-4-3-5-9-17)19-13-14-7-6-11-20-14/h6-7,11,15-16,18H,2-5,8-10,12-13H2,1H3. The van der Waals surface area contributed by atoms with Gasteiger partial charge in [-0.15, -0.1) is 11.3 Å². The van der Waals surface area contributed by atoms with Crippen molar-refractivity contribution in [3.63, 3.8) is 0 Å². The van der Waals surface area contributed by atoms with E-state index in [9.17, 15) is 0 Å². The Morgan fingerprint density at radius 1 is 1.35 bits per heavy atom. The Kier molecular flexibility index (Phi) is 4.79. The van der Waals surface area contributed by atoms with Crippen LogP contribution in [-0.4, -0.2) is 18.7 Å². The maximum absolute atomic E-state index is 6.30. The van der Waals surface area contributed by atoms with E-state index in [4.69, 9.17) is 4.74 Å². The largest absolute Gasteiger partial charge is 0.372 e. The SMILES string of the molecule is CCCNC1CC(OCc2cccs2)C12CCCCC2. The molecule has 2 fully saturated rings. The van der Waals surface area contributed by atoms with E-state index in [1.165, 1.54) is 49.8 Å². The van der Waals surface area contributed by atoms with Crippen LogP contribution in [0.2, 0.25) is 0 Å². The van der Waals surface area contributed by atoms with Crippen molar-refractivity contribution in [1.82, 2.24) is 5.32 Å². The molecule has 0 aromatic carbocycles. The molecule has 2 aliphatic rings. The van der Waals surface area contributed by atoms with Gasteiger partial charge in [-0.1, -0.05) is 32.3 Å². The molecule has 2 unspecified atom stereocenters. The van der Waals surface area contributed by atoms with Crippen molar-refractivity contribution in [3.8, 4) is 0 Å². The maximum Gasteiger partial charge on any atom is 0.0813 e. The first-order valence-corrected chi connectivity index (χ1v) is 9.10. The molecule has 1 N–H and O–H groups in total. The molecule has 112 valence electrons. The molecule has 0 bridgehead atoms. The minimum absolute atomic E-state index is 0.449. The molecule has 2 atom stereocenters. The first-order chi connectivity index (χ1) is 9.85. The zero-order valence-electron chi connectivity index (χ0n) is 12.6. The fraction of sp³-hybridized carbons (Fsp3) is 0.765. The Balaban J connectivity index is 1.59. The van der Waals surface area contributed by atoms with Crippen molar-refractivity contribution in [2.45, 2.75) is 70.6 Å². The first-order valence-electron chi connectivity index (χ1n) is 8.22. The van der Waals surface area contributed by atoms with Gasteiger partial charge in [-0.2, -0.15) is 0 Å². The molecule has 3 heteroatoms. The van der Waals surface area contributed by atoms with Crippen LogP contribution in [0.5, 0.6) is 0 Å².